The van der Waals surface area contributed by atoms with Gasteiger partial charge in [0.05, 0.1) is 5.76 Å². The summed E-state index contributed by atoms with van der Waals surface area (Å²) in [6, 6.07) is 19.6. The van der Waals surface area contributed by atoms with Gasteiger partial charge in [-0.05, 0) is 48.4 Å². The van der Waals surface area contributed by atoms with Crippen molar-refractivity contribution in [2.24, 2.45) is 0 Å². The molecule has 1 aliphatic carbocycles. The minimum Gasteiger partial charge on any atom is -0.512 e. The maximum absolute atomic E-state index is 13.2. The van der Waals surface area contributed by atoms with Crippen LogP contribution in [0.2, 0.25) is 0 Å². The predicted molar refractivity (Wildman–Crippen MR) is 136 cm³/mol. The van der Waals surface area contributed by atoms with Gasteiger partial charge in [-0.15, -0.1) is 34.9 Å². The number of rotatable bonds is 2. The zero-order chi connectivity index (χ0) is 24.6. The summed E-state index contributed by atoms with van der Waals surface area (Å²) in [4.78, 5) is 28.1. The first-order valence-electron chi connectivity index (χ1n) is 11.1. The number of aromatic nitrogens is 1. The Bertz CT molecular complexity index is 1480. The summed E-state index contributed by atoms with van der Waals surface area (Å²) < 4.78 is 0. The number of carbonyl (C=O) groups excluding carboxylic acids is 2. The minimum atomic E-state index is -0.125. The fraction of sp³-hybridized carbons (Fsp3) is 0.167. The van der Waals surface area contributed by atoms with Gasteiger partial charge in [-0.2, -0.15) is 0 Å². The average Bonchev–Trinajstić information content (AvgIpc) is 2.75. The summed E-state index contributed by atoms with van der Waals surface area (Å²) in [6.45, 7) is 8.97. The first kappa shape index (κ1) is 26.2. The van der Waals surface area contributed by atoms with Gasteiger partial charge in [0, 0.05) is 49.1 Å². The zero-order valence-electron chi connectivity index (χ0n) is 20.3. The summed E-state index contributed by atoms with van der Waals surface area (Å²) in [5, 5.41) is 10.4. The van der Waals surface area contributed by atoms with Crippen LogP contribution >= 0.6 is 0 Å². The van der Waals surface area contributed by atoms with Gasteiger partial charge in [0.1, 0.15) is 0 Å². The van der Waals surface area contributed by atoms with Crippen molar-refractivity contribution in [2.75, 3.05) is 0 Å². The molecule has 35 heavy (non-hydrogen) atoms. The van der Waals surface area contributed by atoms with E-state index in [9.17, 15) is 9.59 Å². The van der Waals surface area contributed by atoms with Crippen molar-refractivity contribution in [1.82, 2.24) is 4.98 Å². The van der Waals surface area contributed by atoms with Crippen LogP contribution in [0.1, 0.15) is 46.5 Å². The molecule has 1 radical (unpaired) electrons. The van der Waals surface area contributed by atoms with Crippen LogP contribution in [0.3, 0.4) is 0 Å². The first-order valence-corrected chi connectivity index (χ1v) is 11.1. The molecule has 1 aliphatic rings. The number of hydrogen-bond donors (Lipinski definition) is 1. The van der Waals surface area contributed by atoms with E-state index in [0.717, 1.165) is 55.4 Å². The molecule has 0 saturated heterocycles. The van der Waals surface area contributed by atoms with Crippen molar-refractivity contribution in [1.29, 1.82) is 0 Å². The quantitative estimate of drug-likeness (QED) is 0.130. The molecule has 0 aliphatic heterocycles. The summed E-state index contributed by atoms with van der Waals surface area (Å²) in [5.41, 5.74) is 8.70. The van der Waals surface area contributed by atoms with Crippen LogP contribution in [0.5, 0.6) is 0 Å². The number of aryl methyl sites for hydroxylation is 3. The summed E-state index contributed by atoms with van der Waals surface area (Å²) in [7, 11) is 0. The van der Waals surface area contributed by atoms with Crippen molar-refractivity contribution in [3.8, 4) is 22.4 Å². The van der Waals surface area contributed by atoms with E-state index in [1.165, 1.54) is 25.5 Å². The monoisotopic (exact) mass is 641 g/mol. The van der Waals surface area contributed by atoms with Gasteiger partial charge in [0.15, 0.2) is 11.6 Å². The molecule has 179 valence electrons. The van der Waals surface area contributed by atoms with Gasteiger partial charge < -0.3 is 10.1 Å². The number of benzene rings is 3. The Morgan fingerprint density at radius 1 is 0.971 bits per heavy atom. The predicted octanol–water partition coefficient (Wildman–Crippen LogP) is 6.87. The molecule has 0 bridgehead atoms. The van der Waals surface area contributed by atoms with Gasteiger partial charge >= 0.3 is 0 Å². The molecule has 3 aromatic carbocycles. The second-order valence-electron chi connectivity index (χ2n) is 8.73. The maximum Gasteiger partial charge on any atom is 0.194 e. The van der Waals surface area contributed by atoms with Crippen LogP contribution < -0.4 is 0 Å². The maximum atomic E-state index is 13.2. The summed E-state index contributed by atoms with van der Waals surface area (Å²) >= 11 is 0. The Morgan fingerprint density at radius 3 is 2.29 bits per heavy atom. The van der Waals surface area contributed by atoms with E-state index < -0.39 is 0 Å². The second-order valence-corrected chi connectivity index (χ2v) is 8.73. The Morgan fingerprint density at radius 2 is 1.66 bits per heavy atom. The van der Waals surface area contributed by atoms with Crippen LogP contribution in [-0.2, 0) is 24.9 Å². The molecule has 4 nitrogen and oxygen atoms in total. The number of allylic oxidation sites excluding steroid dienone is 2. The fourth-order valence-corrected chi connectivity index (χ4v) is 4.56. The molecule has 0 amide bonds. The van der Waals surface area contributed by atoms with E-state index in [1.54, 1.807) is 0 Å². The Labute approximate surface area is 219 Å². The SMILES string of the molecule is CC(=O)/C=C(/C)O.Cc1[c-]c(-c2ncc3c4c(cccc24)C(=O)c2c(C)cccc2-3)cc(C)c1.[Ir]. The van der Waals surface area contributed by atoms with Gasteiger partial charge in [-0.25, -0.2) is 0 Å². The largest absolute Gasteiger partial charge is 0.512 e. The third kappa shape index (κ3) is 5.17. The van der Waals surface area contributed by atoms with Gasteiger partial charge in [0.25, 0.3) is 0 Å². The van der Waals surface area contributed by atoms with Gasteiger partial charge in [-0.3, -0.25) is 9.59 Å². The number of ketones is 2. The van der Waals surface area contributed by atoms with Gasteiger partial charge in [0.2, 0.25) is 0 Å². The van der Waals surface area contributed by atoms with Gasteiger partial charge in [-0.1, -0.05) is 50.2 Å². The zero-order valence-corrected chi connectivity index (χ0v) is 22.7. The number of aliphatic hydroxyl groups is 1. The standard InChI is InChI=1S/C25H18NO.C5H8O2.Ir/c1-14-10-15(2)12-17(11-14)24-19-8-5-9-20-23(19)21(13-26-24)18-7-4-6-16(3)22(18)25(20)27;1-4(6)3-5(2)7;/h4-11,13H,1-3H3;3,6H,1-2H3;/q-1;;/b;4-3-;. The minimum absolute atomic E-state index is 0. The molecular formula is C30H26IrNO3-. The molecule has 1 aromatic heterocycles. The van der Waals surface area contributed by atoms with E-state index in [4.69, 9.17) is 10.1 Å². The molecule has 1 heterocycles. The van der Waals surface area contributed by atoms with Crippen molar-refractivity contribution in [3.05, 3.63) is 100 Å². The average molecular weight is 641 g/mol. The molecule has 5 heteroatoms. The molecule has 0 unspecified atom stereocenters. The fourth-order valence-electron chi connectivity index (χ4n) is 4.56. The number of hydrogen-bond acceptors (Lipinski definition) is 4. The Hall–Kier alpha value is -3.40. The molecule has 5 rings (SSSR count). The topological polar surface area (TPSA) is 67.3 Å². The van der Waals surface area contributed by atoms with E-state index >= 15 is 0 Å². The van der Waals surface area contributed by atoms with Crippen molar-refractivity contribution < 1.29 is 34.8 Å². The van der Waals surface area contributed by atoms with E-state index in [0.29, 0.717) is 0 Å². The van der Waals surface area contributed by atoms with Crippen molar-refractivity contribution in [3.63, 3.8) is 0 Å². The summed E-state index contributed by atoms with van der Waals surface area (Å²) in [6.07, 6.45) is 3.08. The first-order chi connectivity index (χ1) is 16.2. The molecule has 0 fully saturated rings. The van der Waals surface area contributed by atoms with Crippen LogP contribution in [0.25, 0.3) is 33.2 Å². The van der Waals surface area contributed by atoms with Crippen LogP contribution in [0.15, 0.2) is 66.6 Å². The molecule has 0 saturated carbocycles. The van der Waals surface area contributed by atoms with E-state index in [-0.39, 0.29) is 37.4 Å². The number of fused-ring (bicyclic) bond motifs is 2. The second kappa shape index (κ2) is 10.5. The number of nitrogens with zero attached hydrogens (tertiary/aromatic N) is 1. The number of aliphatic hydroxyl groups excluding tert-OH is 1. The molecule has 0 spiro atoms. The third-order valence-corrected chi connectivity index (χ3v) is 5.76. The molecule has 4 aromatic rings. The summed E-state index contributed by atoms with van der Waals surface area (Å²) in [5.74, 6) is 0.0373. The molecular weight excluding hydrogens is 615 g/mol. The normalized spacial score (nSPS) is 11.8. The Balaban J connectivity index is 0.000000378. The van der Waals surface area contributed by atoms with Crippen molar-refractivity contribution in [2.45, 2.75) is 34.6 Å². The van der Waals surface area contributed by atoms with E-state index in [2.05, 4.69) is 31.2 Å². The molecule has 0 atom stereocenters. The van der Waals surface area contributed by atoms with E-state index in [1.807, 2.05) is 50.4 Å². The third-order valence-electron chi connectivity index (χ3n) is 5.76. The Kier molecular flexibility index (Phi) is 7.84. The van der Waals surface area contributed by atoms with Crippen LogP contribution in [0.4, 0.5) is 0 Å². The number of carbonyl (C=O) groups is 2. The van der Waals surface area contributed by atoms with Crippen LogP contribution in [0, 0.1) is 26.8 Å². The van der Waals surface area contributed by atoms with Crippen molar-refractivity contribution >= 4 is 22.3 Å². The molecule has 1 N–H and O–H groups in total. The van der Waals surface area contributed by atoms with Crippen LogP contribution in [-0.4, -0.2) is 21.7 Å². The smallest absolute Gasteiger partial charge is 0.194 e. The number of pyridine rings is 1.